The molecule has 0 aromatic heterocycles. The minimum Gasteiger partial charge on any atom is -0.327 e. The standard InChI is InChI=1S/C22H36N2/c23-21-13-15-7-1-3-9-17(15)19(21)11-5-6-12-20-18-10-4-2-8-16(18)14-22(20)24/h5-6,11-12,15-22H,1-4,7-10,13-14,23-24H2/b11-5+,12-6?/t15-,16-,17-,18-,19-,20+,21+,22+/m0/s1. The number of nitrogens with two attached hydrogens (primary N) is 2. The minimum absolute atomic E-state index is 0.388. The summed E-state index contributed by atoms with van der Waals surface area (Å²) < 4.78 is 0. The summed E-state index contributed by atoms with van der Waals surface area (Å²) in [6.07, 6.45) is 23.2. The van der Waals surface area contributed by atoms with Crippen LogP contribution < -0.4 is 11.5 Å². The number of allylic oxidation sites excluding steroid dienone is 2. The third kappa shape index (κ3) is 3.24. The fourth-order valence-corrected chi connectivity index (χ4v) is 6.68. The molecule has 4 aliphatic carbocycles. The van der Waals surface area contributed by atoms with Gasteiger partial charge in [-0.2, -0.15) is 0 Å². The summed E-state index contributed by atoms with van der Waals surface area (Å²) in [5.74, 6) is 4.74. The van der Waals surface area contributed by atoms with Crippen molar-refractivity contribution in [1.29, 1.82) is 0 Å². The molecule has 4 aliphatic rings. The predicted octanol–water partition coefficient (Wildman–Crippen LogP) is 4.41. The Balaban J connectivity index is 1.37. The van der Waals surface area contributed by atoms with Gasteiger partial charge in [0.25, 0.3) is 0 Å². The van der Waals surface area contributed by atoms with E-state index in [1.165, 1.54) is 64.2 Å². The quantitative estimate of drug-likeness (QED) is 0.754. The van der Waals surface area contributed by atoms with Gasteiger partial charge in [-0.15, -0.1) is 0 Å². The van der Waals surface area contributed by atoms with E-state index in [2.05, 4.69) is 24.3 Å². The Morgan fingerprint density at radius 3 is 1.46 bits per heavy atom. The summed E-state index contributed by atoms with van der Waals surface area (Å²) in [6, 6.07) is 0.776. The Bertz CT molecular complexity index is 438. The molecular weight excluding hydrogens is 292 g/mol. The highest BCUT2D eigenvalue weighted by Gasteiger charge is 2.41. The Hall–Kier alpha value is -0.600. The second-order valence-electron chi connectivity index (χ2n) is 9.14. The fourth-order valence-electron chi connectivity index (χ4n) is 6.68. The van der Waals surface area contributed by atoms with Gasteiger partial charge in [-0.1, -0.05) is 62.8 Å². The van der Waals surface area contributed by atoms with Gasteiger partial charge in [0.05, 0.1) is 0 Å². The van der Waals surface area contributed by atoms with Crippen molar-refractivity contribution in [3.63, 3.8) is 0 Å². The molecule has 0 aromatic rings. The van der Waals surface area contributed by atoms with Crippen molar-refractivity contribution in [2.24, 2.45) is 47.0 Å². The molecule has 4 rings (SSSR count). The van der Waals surface area contributed by atoms with E-state index in [1.807, 2.05) is 0 Å². The summed E-state index contributed by atoms with van der Waals surface area (Å²) >= 11 is 0. The second kappa shape index (κ2) is 7.33. The van der Waals surface area contributed by atoms with Gasteiger partial charge in [0.15, 0.2) is 0 Å². The zero-order valence-corrected chi connectivity index (χ0v) is 15.2. The van der Waals surface area contributed by atoms with E-state index >= 15 is 0 Å². The van der Waals surface area contributed by atoms with Gasteiger partial charge in [0, 0.05) is 12.1 Å². The van der Waals surface area contributed by atoms with Crippen LogP contribution in [-0.2, 0) is 0 Å². The van der Waals surface area contributed by atoms with Gasteiger partial charge in [0.1, 0.15) is 0 Å². The zero-order chi connectivity index (χ0) is 16.5. The largest absolute Gasteiger partial charge is 0.327 e. The molecule has 4 fully saturated rings. The molecule has 8 atom stereocenters. The van der Waals surface area contributed by atoms with E-state index in [0.29, 0.717) is 23.9 Å². The van der Waals surface area contributed by atoms with Crippen LogP contribution in [0, 0.1) is 35.5 Å². The van der Waals surface area contributed by atoms with Crippen molar-refractivity contribution in [1.82, 2.24) is 0 Å². The zero-order valence-electron chi connectivity index (χ0n) is 15.2. The van der Waals surface area contributed by atoms with Gasteiger partial charge in [-0.25, -0.2) is 0 Å². The maximum Gasteiger partial charge on any atom is 0.0107 e. The Labute approximate surface area is 148 Å². The third-order valence-corrected chi connectivity index (χ3v) is 7.84. The SMILES string of the molecule is N[C@@H]1C[C@@H]2CCCC[C@@H]2[C@H]1C=C/C=C/[C@H]1[C@H]2CCCC[C@H]2C[C@H]1N. The van der Waals surface area contributed by atoms with Crippen molar-refractivity contribution in [2.75, 3.05) is 0 Å². The van der Waals surface area contributed by atoms with Gasteiger partial charge < -0.3 is 11.5 Å². The van der Waals surface area contributed by atoms with E-state index in [9.17, 15) is 0 Å². The Morgan fingerprint density at radius 2 is 1.00 bits per heavy atom. The molecule has 2 heteroatoms. The Morgan fingerprint density at radius 1 is 0.583 bits per heavy atom. The van der Waals surface area contributed by atoms with Crippen molar-refractivity contribution in [2.45, 2.75) is 76.3 Å². The van der Waals surface area contributed by atoms with Crippen LogP contribution in [0.3, 0.4) is 0 Å². The van der Waals surface area contributed by atoms with E-state index in [-0.39, 0.29) is 0 Å². The highest BCUT2D eigenvalue weighted by Crippen LogP contribution is 2.47. The summed E-state index contributed by atoms with van der Waals surface area (Å²) in [5.41, 5.74) is 12.9. The maximum absolute atomic E-state index is 6.46. The summed E-state index contributed by atoms with van der Waals surface area (Å²) in [6.45, 7) is 0. The van der Waals surface area contributed by atoms with Crippen LogP contribution in [0.15, 0.2) is 24.3 Å². The topological polar surface area (TPSA) is 52.0 Å². The van der Waals surface area contributed by atoms with E-state index in [1.54, 1.807) is 0 Å². The maximum atomic E-state index is 6.46. The Kier molecular flexibility index (Phi) is 5.15. The molecule has 2 nitrogen and oxygen atoms in total. The van der Waals surface area contributed by atoms with Crippen molar-refractivity contribution < 1.29 is 0 Å². The molecule has 0 unspecified atom stereocenters. The smallest absolute Gasteiger partial charge is 0.0107 e. The molecule has 0 saturated heterocycles. The van der Waals surface area contributed by atoms with Gasteiger partial charge >= 0.3 is 0 Å². The summed E-state index contributed by atoms with van der Waals surface area (Å²) in [7, 11) is 0. The van der Waals surface area contributed by atoms with Gasteiger partial charge in [-0.3, -0.25) is 0 Å². The minimum atomic E-state index is 0.388. The third-order valence-electron chi connectivity index (χ3n) is 7.84. The van der Waals surface area contributed by atoms with Crippen LogP contribution in [0.25, 0.3) is 0 Å². The highest BCUT2D eigenvalue weighted by atomic mass is 14.7. The van der Waals surface area contributed by atoms with Crippen LogP contribution in [-0.4, -0.2) is 12.1 Å². The van der Waals surface area contributed by atoms with Crippen LogP contribution in [0.2, 0.25) is 0 Å². The monoisotopic (exact) mass is 328 g/mol. The van der Waals surface area contributed by atoms with Crippen LogP contribution in [0.4, 0.5) is 0 Å². The first-order valence-electron chi connectivity index (χ1n) is 10.6. The molecule has 0 bridgehead atoms. The lowest BCUT2D eigenvalue weighted by molar-refractivity contribution is 0.248. The lowest BCUT2D eigenvalue weighted by Crippen LogP contribution is -2.27. The first-order chi connectivity index (χ1) is 11.7. The lowest BCUT2D eigenvalue weighted by Gasteiger charge is -2.28. The molecular formula is C22H36N2. The fraction of sp³-hybridized carbons (Fsp3) is 0.818. The lowest BCUT2D eigenvalue weighted by atomic mass is 9.77. The van der Waals surface area contributed by atoms with E-state index < -0.39 is 0 Å². The number of rotatable bonds is 3. The second-order valence-corrected chi connectivity index (χ2v) is 9.14. The average Bonchev–Trinajstić information content (AvgIpc) is 3.08. The number of hydrogen-bond acceptors (Lipinski definition) is 2. The van der Waals surface area contributed by atoms with Crippen molar-refractivity contribution in [3.05, 3.63) is 24.3 Å². The summed E-state index contributed by atoms with van der Waals surface area (Å²) in [5, 5.41) is 0. The molecule has 0 radical (unpaired) electrons. The molecule has 0 spiro atoms. The first-order valence-corrected chi connectivity index (χ1v) is 10.6. The normalized spacial score (nSPS) is 48.9. The van der Waals surface area contributed by atoms with Crippen LogP contribution >= 0.6 is 0 Å². The molecule has 0 aromatic carbocycles. The first kappa shape index (κ1) is 16.8. The average molecular weight is 329 g/mol. The van der Waals surface area contributed by atoms with Crippen molar-refractivity contribution >= 4 is 0 Å². The van der Waals surface area contributed by atoms with Crippen LogP contribution in [0.1, 0.15) is 64.2 Å². The number of hydrogen-bond donors (Lipinski definition) is 2. The predicted molar refractivity (Wildman–Crippen MR) is 101 cm³/mol. The molecule has 134 valence electrons. The van der Waals surface area contributed by atoms with Crippen molar-refractivity contribution in [3.8, 4) is 0 Å². The van der Waals surface area contributed by atoms with E-state index in [4.69, 9.17) is 11.5 Å². The molecule has 0 heterocycles. The summed E-state index contributed by atoms with van der Waals surface area (Å²) in [4.78, 5) is 0. The van der Waals surface area contributed by atoms with Gasteiger partial charge in [-0.05, 0) is 61.2 Å². The van der Waals surface area contributed by atoms with Gasteiger partial charge in [0.2, 0.25) is 0 Å². The highest BCUT2D eigenvalue weighted by molar-refractivity contribution is 5.14. The molecule has 4 saturated carbocycles. The molecule has 0 aliphatic heterocycles. The van der Waals surface area contributed by atoms with Crippen LogP contribution in [0.5, 0.6) is 0 Å². The molecule has 24 heavy (non-hydrogen) atoms. The van der Waals surface area contributed by atoms with E-state index in [0.717, 1.165) is 23.7 Å². The molecule has 4 N–H and O–H groups in total. The molecule has 0 amide bonds. The number of fused-ring (bicyclic) bond motifs is 2.